The van der Waals surface area contributed by atoms with Crippen molar-refractivity contribution in [3.05, 3.63) is 32.2 Å². The van der Waals surface area contributed by atoms with Crippen molar-refractivity contribution >= 4 is 63.8 Å². The van der Waals surface area contributed by atoms with E-state index in [9.17, 15) is 24.6 Å². The second-order valence-electron chi connectivity index (χ2n) is 9.50. The zero-order valence-electron chi connectivity index (χ0n) is 22.1. The Balaban J connectivity index is 2.25. The van der Waals surface area contributed by atoms with Crippen LogP contribution in [0.2, 0.25) is 0 Å². The van der Waals surface area contributed by atoms with Gasteiger partial charge in [0.1, 0.15) is 32.2 Å². The first kappa shape index (κ1) is 33.3. The molecule has 0 amide bonds. The zero-order valence-corrected chi connectivity index (χ0v) is 25.2. The summed E-state index contributed by atoms with van der Waals surface area (Å²) in [7, 11) is 1.20. The number of hydrogen-bond acceptors (Lipinski definition) is 13. The maximum absolute atomic E-state index is 13.3. The fraction of sp³-hybridized carbons (Fsp3) is 0.625. The van der Waals surface area contributed by atoms with Crippen LogP contribution in [0.3, 0.4) is 0 Å². The highest BCUT2D eigenvalue weighted by Gasteiger charge is 2.38. The van der Waals surface area contributed by atoms with Crippen molar-refractivity contribution in [1.29, 1.82) is 0 Å². The van der Waals surface area contributed by atoms with Gasteiger partial charge in [0.25, 0.3) is 0 Å². The Bertz CT molecular complexity index is 1130. The van der Waals surface area contributed by atoms with Gasteiger partial charge in [0.15, 0.2) is 17.5 Å². The summed E-state index contributed by atoms with van der Waals surface area (Å²) in [4.78, 5) is 46.1. The van der Waals surface area contributed by atoms with E-state index in [1.165, 1.54) is 38.6 Å². The highest BCUT2D eigenvalue weighted by molar-refractivity contribution is 7.10. The number of hydrogen-bond donors (Lipinski definition) is 3. The van der Waals surface area contributed by atoms with Gasteiger partial charge in [-0.2, -0.15) is 0 Å². The summed E-state index contributed by atoms with van der Waals surface area (Å²) < 4.78 is 14.9. The molecule has 0 radical (unpaired) electrons. The summed E-state index contributed by atoms with van der Waals surface area (Å²) >= 11 is 14.1. The number of ether oxygens (including phenoxy) is 3. The molecule has 0 saturated carbocycles. The van der Waals surface area contributed by atoms with Gasteiger partial charge in [-0.3, -0.25) is 4.79 Å². The quantitative estimate of drug-likeness (QED) is 0.158. The summed E-state index contributed by atoms with van der Waals surface area (Å²) in [6.45, 7) is 5.41. The average molecular weight is 628 g/mol. The van der Waals surface area contributed by atoms with E-state index in [-0.39, 0.29) is 27.8 Å². The van der Waals surface area contributed by atoms with Crippen molar-refractivity contribution < 1.29 is 43.9 Å². The van der Waals surface area contributed by atoms with Crippen LogP contribution in [0.4, 0.5) is 0 Å². The van der Waals surface area contributed by atoms with Gasteiger partial charge in [-0.05, 0) is 47.0 Å². The first-order chi connectivity index (χ1) is 18.1. The summed E-state index contributed by atoms with van der Waals surface area (Å²) in [5.74, 6) is -3.31. The van der Waals surface area contributed by atoms with E-state index in [0.717, 1.165) is 22.7 Å². The number of aromatic nitrogens is 2. The number of carbonyl (C=O) groups excluding carboxylic acids is 3. The molecule has 0 aliphatic carbocycles. The third-order valence-corrected chi connectivity index (χ3v) is 7.71. The van der Waals surface area contributed by atoms with Gasteiger partial charge in [0, 0.05) is 10.8 Å². The summed E-state index contributed by atoms with van der Waals surface area (Å²) in [6.07, 6.45) is -2.52. The third kappa shape index (κ3) is 9.92. The SMILES string of the molecule is COC(=O)c1csc([C@@H](OC(=O)[C@@H](C)[C@H](CCCC(C)(Cl)Cl)OC(=O)c2csc([C@H](O)CO)n2)C(C)(C)O)n1. The van der Waals surface area contributed by atoms with Gasteiger partial charge in [0.2, 0.25) is 0 Å². The second-order valence-corrected chi connectivity index (χ2v) is 13.1. The number of nitrogens with zero attached hydrogens (tertiary/aromatic N) is 2. The predicted octanol–water partition coefficient (Wildman–Crippen LogP) is 3.99. The number of halogens is 2. The molecule has 0 unspecified atom stereocenters. The maximum Gasteiger partial charge on any atom is 0.358 e. The first-order valence-corrected chi connectivity index (χ1v) is 14.4. The van der Waals surface area contributed by atoms with Gasteiger partial charge in [-0.1, -0.05) is 0 Å². The molecule has 0 aliphatic heterocycles. The zero-order chi connectivity index (χ0) is 29.5. The highest BCUT2D eigenvalue weighted by Crippen LogP contribution is 2.34. The maximum atomic E-state index is 13.3. The second kappa shape index (κ2) is 14.2. The summed E-state index contributed by atoms with van der Waals surface area (Å²) in [5.41, 5.74) is -1.67. The number of alkyl halides is 2. The van der Waals surface area contributed by atoms with Crippen LogP contribution in [0.25, 0.3) is 0 Å². The Morgan fingerprint density at radius 3 is 2.13 bits per heavy atom. The molecule has 218 valence electrons. The first-order valence-electron chi connectivity index (χ1n) is 11.9. The smallest absolute Gasteiger partial charge is 0.358 e. The van der Waals surface area contributed by atoms with Crippen molar-refractivity contribution in [1.82, 2.24) is 9.97 Å². The van der Waals surface area contributed by atoms with Crippen LogP contribution in [0, 0.1) is 5.92 Å². The molecule has 0 bridgehead atoms. The number of aliphatic hydroxyl groups is 3. The van der Waals surface area contributed by atoms with Crippen LogP contribution in [0.5, 0.6) is 0 Å². The van der Waals surface area contributed by atoms with Gasteiger partial charge < -0.3 is 29.5 Å². The molecule has 0 saturated heterocycles. The molecule has 2 heterocycles. The van der Waals surface area contributed by atoms with E-state index in [1.807, 2.05) is 0 Å². The highest BCUT2D eigenvalue weighted by atomic mass is 35.5. The third-order valence-electron chi connectivity index (χ3n) is 5.50. The Labute approximate surface area is 244 Å². The van der Waals surface area contributed by atoms with Crippen LogP contribution in [0.1, 0.15) is 90.2 Å². The Morgan fingerprint density at radius 2 is 1.59 bits per heavy atom. The number of aliphatic hydroxyl groups excluding tert-OH is 2. The minimum Gasteiger partial charge on any atom is -0.464 e. The van der Waals surface area contributed by atoms with E-state index in [0.29, 0.717) is 12.8 Å². The molecule has 0 aliphatic rings. The van der Waals surface area contributed by atoms with E-state index >= 15 is 0 Å². The van der Waals surface area contributed by atoms with Gasteiger partial charge in [-0.15, -0.1) is 45.9 Å². The lowest BCUT2D eigenvalue weighted by Crippen LogP contribution is -2.37. The van der Waals surface area contributed by atoms with Crippen LogP contribution in [-0.2, 0) is 19.0 Å². The van der Waals surface area contributed by atoms with Gasteiger partial charge in [-0.25, -0.2) is 19.6 Å². The molecule has 2 aromatic heterocycles. The number of rotatable bonds is 14. The fourth-order valence-electron chi connectivity index (χ4n) is 3.31. The number of methoxy groups -OCH3 is 1. The van der Waals surface area contributed by atoms with Crippen molar-refractivity contribution in [2.24, 2.45) is 5.92 Å². The molecule has 2 rings (SSSR count). The average Bonchev–Trinajstić information content (AvgIpc) is 3.54. The summed E-state index contributed by atoms with van der Waals surface area (Å²) in [6, 6.07) is 0. The molecule has 2 aromatic rings. The van der Waals surface area contributed by atoms with E-state index < -0.39 is 58.7 Å². The van der Waals surface area contributed by atoms with E-state index in [2.05, 4.69) is 14.7 Å². The predicted molar refractivity (Wildman–Crippen MR) is 145 cm³/mol. The monoisotopic (exact) mass is 626 g/mol. The van der Waals surface area contributed by atoms with Crippen LogP contribution in [-0.4, -0.2) is 73.0 Å². The molecule has 4 atom stereocenters. The number of carbonyl (C=O) groups is 3. The summed E-state index contributed by atoms with van der Waals surface area (Å²) in [5, 5.41) is 32.7. The Morgan fingerprint density at radius 1 is 1.03 bits per heavy atom. The van der Waals surface area contributed by atoms with E-state index in [4.69, 9.17) is 37.8 Å². The van der Waals surface area contributed by atoms with Crippen molar-refractivity contribution in [3.63, 3.8) is 0 Å². The van der Waals surface area contributed by atoms with Crippen molar-refractivity contribution in [2.75, 3.05) is 13.7 Å². The van der Waals surface area contributed by atoms with Crippen LogP contribution < -0.4 is 0 Å². The Kier molecular flexibility index (Phi) is 12.1. The lowest BCUT2D eigenvalue weighted by molar-refractivity contribution is -0.171. The standard InChI is InChI=1S/C24H32Cl2N2O9S2/c1-12(20(31)37-17(23(2,3)34)19-28-13(10-39-19)21(32)35-5)16(7-6-8-24(4,25)26)36-22(33)14-11-38-18(27-14)15(30)9-29/h10-12,15-17,29-30,34H,6-9H2,1-5H3/t12-,15+,16-,17+/m0/s1. The fourth-order valence-corrected chi connectivity index (χ4v) is 5.34. The molecule has 3 N–H and O–H groups in total. The van der Waals surface area contributed by atoms with E-state index in [1.54, 1.807) is 6.92 Å². The molecule has 0 aromatic carbocycles. The Hall–Kier alpha value is -1.87. The molecular formula is C24H32Cl2N2O9S2. The van der Waals surface area contributed by atoms with Gasteiger partial charge in [0.05, 0.1) is 19.6 Å². The van der Waals surface area contributed by atoms with Crippen LogP contribution >= 0.6 is 45.9 Å². The lowest BCUT2D eigenvalue weighted by atomic mass is 9.97. The number of thiazole rings is 2. The molecule has 15 heteroatoms. The number of esters is 3. The molecule has 0 fully saturated rings. The van der Waals surface area contributed by atoms with Crippen molar-refractivity contribution in [3.8, 4) is 0 Å². The minimum absolute atomic E-state index is 0.00167. The normalized spacial score (nSPS) is 15.2. The topological polar surface area (TPSA) is 165 Å². The van der Waals surface area contributed by atoms with Gasteiger partial charge >= 0.3 is 17.9 Å². The minimum atomic E-state index is -1.57. The van der Waals surface area contributed by atoms with Crippen LogP contribution in [0.15, 0.2) is 10.8 Å². The van der Waals surface area contributed by atoms with Crippen molar-refractivity contribution in [2.45, 2.75) is 75.2 Å². The molecule has 11 nitrogen and oxygen atoms in total. The molecular weight excluding hydrogens is 595 g/mol. The lowest BCUT2D eigenvalue weighted by Gasteiger charge is -2.30. The molecule has 0 spiro atoms. The largest absolute Gasteiger partial charge is 0.464 e. The molecule has 39 heavy (non-hydrogen) atoms.